The van der Waals surface area contributed by atoms with Crippen LogP contribution in [0.4, 0.5) is 0 Å². The molecule has 18 heavy (non-hydrogen) atoms. The first-order valence-corrected chi connectivity index (χ1v) is 7.06. The number of hydrogen-bond acceptors (Lipinski definition) is 3. The van der Waals surface area contributed by atoms with E-state index in [9.17, 15) is 4.79 Å². The minimum atomic E-state index is -0.587. The van der Waals surface area contributed by atoms with Gasteiger partial charge < -0.3 is 9.47 Å². The number of halogens is 1. The van der Waals surface area contributed by atoms with Gasteiger partial charge in [-0.1, -0.05) is 35.0 Å². The highest BCUT2D eigenvalue weighted by atomic mass is 79.9. The van der Waals surface area contributed by atoms with Crippen molar-refractivity contribution in [2.75, 3.05) is 6.61 Å². The van der Waals surface area contributed by atoms with Gasteiger partial charge in [-0.25, -0.2) is 4.79 Å². The third-order valence-electron chi connectivity index (χ3n) is 3.15. The summed E-state index contributed by atoms with van der Waals surface area (Å²) in [5, 5.41) is 0. The third kappa shape index (κ3) is 2.59. The Balaban J connectivity index is 2.37. The predicted octanol–water partition coefficient (Wildman–Crippen LogP) is 3.40. The molecule has 0 saturated carbocycles. The molecule has 1 heterocycles. The monoisotopic (exact) mass is 312 g/mol. The standard InChI is InChI=1S/C14H17BrO3/c1-3-9-8-11-10(6-5-7-12(11)15)13(18-9)14(16)17-4-2/h5-7,9,13H,3-4,8H2,1-2H3. The number of esters is 1. The zero-order valence-electron chi connectivity index (χ0n) is 10.6. The van der Waals surface area contributed by atoms with Crippen LogP contribution in [0.3, 0.4) is 0 Å². The van der Waals surface area contributed by atoms with Crippen LogP contribution in [0.2, 0.25) is 0 Å². The van der Waals surface area contributed by atoms with Gasteiger partial charge in [0.1, 0.15) is 0 Å². The zero-order valence-corrected chi connectivity index (χ0v) is 12.2. The van der Waals surface area contributed by atoms with Crippen molar-refractivity contribution in [1.29, 1.82) is 0 Å². The van der Waals surface area contributed by atoms with Gasteiger partial charge in [-0.2, -0.15) is 0 Å². The van der Waals surface area contributed by atoms with Crippen LogP contribution < -0.4 is 0 Å². The molecule has 0 saturated heterocycles. The summed E-state index contributed by atoms with van der Waals surface area (Å²) in [5.74, 6) is -0.296. The summed E-state index contributed by atoms with van der Waals surface area (Å²) < 4.78 is 12.0. The lowest BCUT2D eigenvalue weighted by molar-refractivity contribution is -0.163. The lowest BCUT2D eigenvalue weighted by atomic mass is 9.93. The minimum Gasteiger partial charge on any atom is -0.464 e. The Morgan fingerprint density at radius 2 is 2.28 bits per heavy atom. The molecule has 3 nitrogen and oxygen atoms in total. The minimum absolute atomic E-state index is 0.0746. The van der Waals surface area contributed by atoms with E-state index in [1.54, 1.807) is 6.92 Å². The first-order chi connectivity index (χ1) is 8.67. The number of carbonyl (C=O) groups excluding carboxylic acids is 1. The average Bonchev–Trinajstić information content (AvgIpc) is 2.38. The Hall–Kier alpha value is -0.870. The van der Waals surface area contributed by atoms with Crippen molar-refractivity contribution in [2.45, 2.75) is 38.9 Å². The van der Waals surface area contributed by atoms with Crippen molar-refractivity contribution in [1.82, 2.24) is 0 Å². The van der Waals surface area contributed by atoms with Crippen LogP contribution in [0.15, 0.2) is 22.7 Å². The molecule has 0 amide bonds. The van der Waals surface area contributed by atoms with Crippen LogP contribution in [-0.2, 0) is 20.7 Å². The van der Waals surface area contributed by atoms with Crippen molar-refractivity contribution in [2.24, 2.45) is 0 Å². The summed E-state index contributed by atoms with van der Waals surface area (Å²) in [6, 6.07) is 5.86. The Labute approximate surface area is 116 Å². The molecule has 98 valence electrons. The van der Waals surface area contributed by atoms with Crippen LogP contribution in [0, 0.1) is 0 Å². The first kappa shape index (κ1) is 13.6. The van der Waals surface area contributed by atoms with E-state index in [0.29, 0.717) is 6.61 Å². The summed E-state index contributed by atoms with van der Waals surface area (Å²) >= 11 is 3.55. The molecule has 0 N–H and O–H groups in total. The van der Waals surface area contributed by atoms with E-state index in [0.717, 1.165) is 28.4 Å². The number of carbonyl (C=O) groups is 1. The van der Waals surface area contributed by atoms with Crippen LogP contribution in [0.5, 0.6) is 0 Å². The number of benzene rings is 1. The molecule has 1 aromatic carbocycles. The Kier molecular flexibility index (Phi) is 4.40. The van der Waals surface area contributed by atoms with Crippen LogP contribution in [-0.4, -0.2) is 18.7 Å². The normalized spacial score (nSPS) is 22.4. The van der Waals surface area contributed by atoms with Crippen LogP contribution >= 0.6 is 15.9 Å². The quantitative estimate of drug-likeness (QED) is 0.802. The highest BCUT2D eigenvalue weighted by molar-refractivity contribution is 9.10. The molecule has 2 rings (SSSR count). The van der Waals surface area contributed by atoms with E-state index in [-0.39, 0.29) is 12.1 Å². The van der Waals surface area contributed by atoms with Gasteiger partial charge in [0.25, 0.3) is 0 Å². The van der Waals surface area contributed by atoms with E-state index >= 15 is 0 Å². The molecule has 1 aliphatic heterocycles. The van der Waals surface area contributed by atoms with Crippen molar-refractivity contribution < 1.29 is 14.3 Å². The molecule has 0 bridgehead atoms. The zero-order chi connectivity index (χ0) is 13.1. The van der Waals surface area contributed by atoms with E-state index in [2.05, 4.69) is 22.9 Å². The van der Waals surface area contributed by atoms with Gasteiger partial charge in [0.05, 0.1) is 12.7 Å². The van der Waals surface area contributed by atoms with E-state index in [1.807, 2.05) is 18.2 Å². The second-order valence-electron chi connectivity index (χ2n) is 4.31. The SMILES string of the molecule is CCOC(=O)C1OC(CC)Cc2c(Br)cccc21. The molecule has 1 aromatic rings. The molecular weight excluding hydrogens is 296 g/mol. The molecule has 1 aliphatic rings. The number of ether oxygens (including phenoxy) is 2. The van der Waals surface area contributed by atoms with Gasteiger partial charge in [0.2, 0.25) is 0 Å². The fourth-order valence-electron chi connectivity index (χ4n) is 2.22. The van der Waals surface area contributed by atoms with Gasteiger partial charge in [-0.3, -0.25) is 0 Å². The maximum atomic E-state index is 12.0. The topological polar surface area (TPSA) is 35.5 Å². The fraction of sp³-hybridized carbons (Fsp3) is 0.500. The molecule has 0 aromatic heterocycles. The molecule has 2 unspecified atom stereocenters. The number of rotatable bonds is 3. The van der Waals surface area contributed by atoms with E-state index < -0.39 is 6.10 Å². The molecule has 0 fully saturated rings. The molecule has 0 aliphatic carbocycles. The molecular formula is C14H17BrO3. The lowest BCUT2D eigenvalue weighted by Crippen LogP contribution is -2.31. The lowest BCUT2D eigenvalue weighted by Gasteiger charge is -2.31. The van der Waals surface area contributed by atoms with Gasteiger partial charge in [-0.15, -0.1) is 0 Å². The first-order valence-electron chi connectivity index (χ1n) is 6.26. The summed E-state index contributed by atoms with van der Waals surface area (Å²) in [6.07, 6.45) is 1.21. The molecule has 4 heteroatoms. The second kappa shape index (κ2) is 5.85. The van der Waals surface area contributed by atoms with Crippen LogP contribution in [0.25, 0.3) is 0 Å². The molecule has 0 spiro atoms. The van der Waals surface area contributed by atoms with Crippen molar-refractivity contribution in [3.05, 3.63) is 33.8 Å². The highest BCUT2D eigenvalue weighted by Crippen LogP contribution is 2.36. The summed E-state index contributed by atoms with van der Waals surface area (Å²) in [7, 11) is 0. The van der Waals surface area contributed by atoms with Crippen molar-refractivity contribution >= 4 is 21.9 Å². The van der Waals surface area contributed by atoms with Crippen molar-refractivity contribution in [3.63, 3.8) is 0 Å². The van der Waals surface area contributed by atoms with Gasteiger partial charge in [0, 0.05) is 10.9 Å². The van der Waals surface area contributed by atoms with Gasteiger partial charge in [-0.05, 0) is 30.5 Å². The maximum absolute atomic E-state index is 12.0. The van der Waals surface area contributed by atoms with E-state index in [4.69, 9.17) is 9.47 Å². The largest absolute Gasteiger partial charge is 0.464 e. The Morgan fingerprint density at radius 1 is 1.50 bits per heavy atom. The third-order valence-corrected chi connectivity index (χ3v) is 3.90. The van der Waals surface area contributed by atoms with Crippen LogP contribution in [0.1, 0.15) is 37.5 Å². The maximum Gasteiger partial charge on any atom is 0.339 e. The number of hydrogen-bond donors (Lipinski definition) is 0. The average molecular weight is 313 g/mol. The second-order valence-corrected chi connectivity index (χ2v) is 5.16. The fourth-order valence-corrected chi connectivity index (χ4v) is 2.76. The smallest absolute Gasteiger partial charge is 0.339 e. The number of fused-ring (bicyclic) bond motifs is 1. The van der Waals surface area contributed by atoms with Crippen molar-refractivity contribution in [3.8, 4) is 0 Å². The predicted molar refractivity (Wildman–Crippen MR) is 72.4 cm³/mol. The molecule has 0 radical (unpaired) electrons. The summed E-state index contributed by atoms with van der Waals surface area (Å²) in [4.78, 5) is 12.0. The van der Waals surface area contributed by atoms with E-state index in [1.165, 1.54) is 0 Å². The highest BCUT2D eigenvalue weighted by Gasteiger charge is 2.33. The van der Waals surface area contributed by atoms with Gasteiger partial charge >= 0.3 is 5.97 Å². The summed E-state index contributed by atoms with van der Waals surface area (Å²) in [5.41, 5.74) is 2.08. The Bertz CT molecular complexity index is 445. The Morgan fingerprint density at radius 3 is 2.94 bits per heavy atom. The summed E-state index contributed by atoms with van der Waals surface area (Å²) in [6.45, 7) is 4.24. The molecule has 2 atom stereocenters. The van der Waals surface area contributed by atoms with Gasteiger partial charge in [0.15, 0.2) is 6.10 Å².